The predicted molar refractivity (Wildman–Crippen MR) is 113 cm³/mol. The Morgan fingerprint density at radius 1 is 1.23 bits per heavy atom. The number of rotatable bonds is 5. The fourth-order valence-corrected chi connectivity index (χ4v) is 5.65. The Kier molecular flexibility index (Phi) is 5.18. The largest absolute Gasteiger partial charge is 0.365 e. The quantitative estimate of drug-likeness (QED) is 0.438. The third-order valence-corrected chi connectivity index (χ3v) is 6.79. The van der Waals surface area contributed by atoms with Crippen molar-refractivity contribution >= 4 is 39.1 Å². The number of thioether (sulfide) groups is 1. The van der Waals surface area contributed by atoms with Crippen LogP contribution in [0.1, 0.15) is 43.2 Å². The van der Waals surface area contributed by atoms with Crippen molar-refractivity contribution in [3.8, 4) is 0 Å². The molecule has 1 aliphatic rings. The Labute approximate surface area is 163 Å². The van der Waals surface area contributed by atoms with Gasteiger partial charge in [0.25, 0.3) is 0 Å². The van der Waals surface area contributed by atoms with Crippen molar-refractivity contribution in [1.82, 2.24) is 9.97 Å². The first-order valence-corrected chi connectivity index (χ1v) is 11.1. The number of hydrogen-bond donors (Lipinski definition) is 1. The summed E-state index contributed by atoms with van der Waals surface area (Å²) in [6, 6.07) is 10.5. The molecule has 0 bridgehead atoms. The van der Waals surface area contributed by atoms with Gasteiger partial charge < -0.3 is 5.32 Å². The van der Waals surface area contributed by atoms with Crippen LogP contribution in [0.25, 0.3) is 10.2 Å². The fourth-order valence-electron chi connectivity index (χ4n) is 3.50. The van der Waals surface area contributed by atoms with E-state index in [0.717, 1.165) is 34.7 Å². The second-order valence-electron chi connectivity index (χ2n) is 7.39. The van der Waals surface area contributed by atoms with Gasteiger partial charge in [0.05, 0.1) is 5.39 Å². The lowest BCUT2D eigenvalue weighted by Gasteiger charge is -2.18. The lowest BCUT2D eigenvalue weighted by Crippen LogP contribution is -2.10. The van der Waals surface area contributed by atoms with Gasteiger partial charge in [-0.3, -0.25) is 0 Å². The number of benzene rings is 1. The van der Waals surface area contributed by atoms with E-state index in [1.165, 1.54) is 34.2 Å². The zero-order valence-electron chi connectivity index (χ0n) is 15.6. The van der Waals surface area contributed by atoms with Crippen LogP contribution < -0.4 is 5.32 Å². The molecular formula is C21H25N3S2. The smallest absolute Gasteiger partial charge is 0.191 e. The molecule has 26 heavy (non-hydrogen) atoms. The Bertz CT molecular complexity index is 903. The van der Waals surface area contributed by atoms with Crippen molar-refractivity contribution in [2.24, 2.45) is 5.92 Å². The van der Waals surface area contributed by atoms with E-state index in [1.54, 1.807) is 11.8 Å². The average Bonchev–Trinajstić information content (AvgIpc) is 2.97. The molecule has 136 valence electrons. The highest BCUT2D eigenvalue weighted by Crippen LogP contribution is 2.41. The first kappa shape index (κ1) is 17.8. The summed E-state index contributed by atoms with van der Waals surface area (Å²) in [6.07, 6.45) is 3.59. The van der Waals surface area contributed by atoms with Crippen molar-refractivity contribution in [3.05, 3.63) is 46.3 Å². The van der Waals surface area contributed by atoms with Crippen LogP contribution in [0.5, 0.6) is 0 Å². The molecule has 3 aromatic rings. The molecule has 0 saturated heterocycles. The Morgan fingerprint density at radius 2 is 2.04 bits per heavy atom. The van der Waals surface area contributed by atoms with Crippen LogP contribution in [0.15, 0.2) is 35.5 Å². The maximum Gasteiger partial charge on any atom is 0.191 e. The van der Waals surface area contributed by atoms with E-state index in [9.17, 15) is 0 Å². The van der Waals surface area contributed by atoms with Crippen molar-refractivity contribution in [1.29, 1.82) is 0 Å². The summed E-state index contributed by atoms with van der Waals surface area (Å²) in [5.41, 5.74) is 2.76. The summed E-state index contributed by atoms with van der Waals surface area (Å²) in [4.78, 5) is 12.5. The average molecular weight is 384 g/mol. The maximum atomic E-state index is 4.90. The second kappa shape index (κ2) is 7.57. The molecule has 0 spiro atoms. The van der Waals surface area contributed by atoms with E-state index >= 15 is 0 Å². The Hall–Kier alpha value is -1.59. The molecule has 4 rings (SSSR count). The summed E-state index contributed by atoms with van der Waals surface area (Å²) < 4.78 is 0. The van der Waals surface area contributed by atoms with E-state index in [-0.39, 0.29) is 0 Å². The van der Waals surface area contributed by atoms with Crippen LogP contribution in [0.4, 0.5) is 5.82 Å². The van der Waals surface area contributed by atoms with E-state index in [0.29, 0.717) is 5.25 Å². The molecule has 1 aromatic carbocycles. The number of aromatic nitrogens is 2. The molecule has 1 aliphatic carbocycles. The molecule has 0 fully saturated rings. The zero-order valence-corrected chi connectivity index (χ0v) is 17.2. The molecule has 2 heterocycles. The van der Waals surface area contributed by atoms with Crippen molar-refractivity contribution < 1.29 is 0 Å². The van der Waals surface area contributed by atoms with E-state index in [4.69, 9.17) is 9.97 Å². The molecule has 0 aliphatic heterocycles. The zero-order chi connectivity index (χ0) is 18.1. The molecule has 0 radical (unpaired) electrons. The minimum absolute atomic E-state index is 0.476. The minimum atomic E-state index is 0.476. The van der Waals surface area contributed by atoms with Crippen molar-refractivity contribution in [3.63, 3.8) is 0 Å². The van der Waals surface area contributed by atoms with E-state index < -0.39 is 0 Å². The number of nitrogens with zero attached hydrogens (tertiary/aromatic N) is 2. The molecular weight excluding hydrogens is 358 g/mol. The third kappa shape index (κ3) is 3.74. The summed E-state index contributed by atoms with van der Waals surface area (Å²) in [5.74, 6) is 1.78. The van der Waals surface area contributed by atoms with Crippen LogP contribution in [0, 0.1) is 5.92 Å². The van der Waals surface area contributed by atoms with Crippen LogP contribution in [-0.2, 0) is 19.4 Å². The van der Waals surface area contributed by atoms with Gasteiger partial charge in [-0.2, -0.15) is 0 Å². The highest BCUT2D eigenvalue weighted by Gasteiger charge is 2.24. The predicted octanol–water partition coefficient (Wildman–Crippen LogP) is 5.93. The molecule has 3 nitrogen and oxygen atoms in total. The fraction of sp³-hybridized carbons (Fsp3) is 0.429. The van der Waals surface area contributed by atoms with Gasteiger partial charge in [-0.1, -0.05) is 62.9 Å². The molecule has 0 saturated carbocycles. The third-order valence-electron chi connectivity index (χ3n) is 4.78. The van der Waals surface area contributed by atoms with Gasteiger partial charge in [-0.25, -0.2) is 9.97 Å². The normalized spacial score (nSPS) is 16.8. The van der Waals surface area contributed by atoms with Gasteiger partial charge in [0, 0.05) is 16.7 Å². The van der Waals surface area contributed by atoms with E-state index in [1.807, 2.05) is 11.3 Å². The van der Waals surface area contributed by atoms with Gasteiger partial charge >= 0.3 is 0 Å². The number of fused-ring (bicyclic) bond motifs is 3. The van der Waals surface area contributed by atoms with Gasteiger partial charge in [0.15, 0.2) is 5.16 Å². The summed E-state index contributed by atoms with van der Waals surface area (Å²) >= 11 is 3.62. The Balaban J connectivity index is 1.74. The summed E-state index contributed by atoms with van der Waals surface area (Å²) in [5, 5.41) is 6.23. The SMILES string of the molecule is CC(C)Sc1nc(NCc2ccccc2)c2c3c(sc2n1)C[C@H](C)CC3. The Morgan fingerprint density at radius 3 is 2.81 bits per heavy atom. The molecule has 0 unspecified atom stereocenters. The maximum absolute atomic E-state index is 4.90. The number of thiophene rings is 1. The lowest BCUT2D eigenvalue weighted by molar-refractivity contribution is 0.509. The second-order valence-corrected chi connectivity index (χ2v) is 10.0. The van der Waals surface area contributed by atoms with Gasteiger partial charge in [-0.05, 0) is 36.3 Å². The monoisotopic (exact) mass is 383 g/mol. The number of hydrogen-bond acceptors (Lipinski definition) is 5. The topological polar surface area (TPSA) is 37.8 Å². The molecule has 2 aromatic heterocycles. The highest BCUT2D eigenvalue weighted by molar-refractivity contribution is 7.99. The van der Waals surface area contributed by atoms with Crippen LogP contribution in [-0.4, -0.2) is 15.2 Å². The molecule has 0 amide bonds. The van der Waals surface area contributed by atoms with Gasteiger partial charge in [-0.15, -0.1) is 11.3 Å². The van der Waals surface area contributed by atoms with Crippen molar-refractivity contribution in [2.45, 2.75) is 57.0 Å². The molecule has 1 atom stereocenters. The van der Waals surface area contributed by atoms with Crippen LogP contribution >= 0.6 is 23.1 Å². The minimum Gasteiger partial charge on any atom is -0.365 e. The number of anilines is 1. The number of nitrogens with one attached hydrogen (secondary N) is 1. The lowest BCUT2D eigenvalue weighted by atomic mass is 9.89. The van der Waals surface area contributed by atoms with Gasteiger partial charge in [0.1, 0.15) is 10.6 Å². The van der Waals surface area contributed by atoms with Crippen LogP contribution in [0.3, 0.4) is 0 Å². The van der Waals surface area contributed by atoms with E-state index in [2.05, 4.69) is 56.4 Å². The van der Waals surface area contributed by atoms with Crippen molar-refractivity contribution in [2.75, 3.05) is 5.32 Å². The molecule has 1 N–H and O–H groups in total. The first-order chi connectivity index (χ1) is 12.6. The van der Waals surface area contributed by atoms with Gasteiger partial charge in [0.2, 0.25) is 0 Å². The standard InChI is InChI=1S/C21H25N3S2/c1-13(2)25-21-23-19(22-12-15-7-5-4-6-8-15)18-16-10-9-14(3)11-17(16)26-20(18)24-21/h4-8,13-14H,9-12H2,1-3H3,(H,22,23,24)/t14-/m1/s1. The summed E-state index contributed by atoms with van der Waals surface area (Å²) in [7, 11) is 0. The number of aryl methyl sites for hydroxylation is 1. The molecule has 5 heteroatoms. The highest BCUT2D eigenvalue weighted by atomic mass is 32.2. The first-order valence-electron chi connectivity index (χ1n) is 9.37. The van der Waals surface area contributed by atoms with Crippen LogP contribution in [0.2, 0.25) is 0 Å². The summed E-state index contributed by atoms with van der Waals surface area (Å²) in [6.45, 7) is 7.53.